The molecule has 9 nitrogen and oxygen atoms in total. The fourth-order valence-electron chi connectivity index (χ4n) is 3.21. The Morgan fingerprint density at radius 2 is 1.56 bits per heavy atom. The highest BCUT2D eigenvalue weighted by Gasteiger charge is 2.09. The van der Waals surface area contributed by atoms with Gasteiger partial charge in [0.1, 0.15) is 6.54 Å². The van der Waals surface area contributed by atoms with Crippen LogP contribution in [0.4, 0.5) is 5.69 Å². The summed E-state index contributed by atoms with van der Waals surface area (Å²) in [7, 11) is 0. The summed E-state index contributed by atoms with van der Waals surface area (Å²) in [6, 6.07) is 17.4. The van der Waals surface area contributed by atoms with Crippen LogP contribution >= 0.6 is 0 Å². The Kier molecular flexibility index (Phi) is 8.28. The van der Waals surface area contributed by atoms with Gasteiger partial charge in [0.25, 0.3) is 11.5 Å². The molecule has 0 aliphatic rings. The summed E-state index contributed by atoms with van der Waals surface area (Å²) in [5.74, 6) is -0.881. The van der Waals surface area contributed by atoms with Gasteiger partial charge < -0.3 is 16.0 Å². The summed E-state index contributed by atoms with van der Waals surface area (Å²) < 4.78 is 1.12. The number of benzene rings is 2. The third-order valence-corrected chi connectivity index (χ3v) is 5.02. The lowest BCUT2D eigenvalue weighted by Gasteiger charge is -2.10. The van der Waals surface area contributed by atoms with E-state index in [0.29, 0.717) is 16.9 Å². The van der Waals surface area contributed by atoms with Crippen LogP contribution in [0, 0.1) is 0 Å². The molecule has 0 fully saturated rings. The summed E-state index contributed by atoms with van der Waals surface area (Å²) in [5.41, 5.74) is 3.32. The Morgan fingerprint density at radius 1 is 0.882 bits per heavy atom. The molecule has 9 heteroatoms. The molecule has 2 aromatic carbocycles. The fraction of sp³-hybridized carbons (Fsp3) is 0.240. The van der Waals surface area contributed by atoms with Gasteiger partial charge in [0, 0.05) is 42.9 Å². The highest BCUT2D eigenvalue weighted by Crippen LogP contribution is 2.16. The van der Waals surface area contributed by atoms with Crippen LogP contribution in [0.5, 0.6) is 0 Å². The maximum atomic E-state index is 12.3. The molecular formula is C25H27N5O4. The first-order valence-electron chi connectivity index (χ1n) is 11.0. The van der Waals surface area contributed by atoms with Gasteiger partial charge in [0.15, 0.2) is 0 Å². The number of rotatable bonds is 9. The summed E-state index contributed by atoms with van der Waals surface area (Å²) in [4.78, 5) is 47.7. The Bertz CT molecular complexity index is 1220. The molecule has 0 aliphatic heterocycles. The molecule has 3 N–H and O–H groups in total. The molecule has 0 unspecified atom stereocenters. The molecule has 0 atom stereocenters. The van der Waals surface area contributed by atoms with E-state index in [1.165, 1.54) is 18.6 Å². The van der Waals surface area contributed by atoms with Crippen molar-refractivity contribution in [1.29, 1.82) is 0 Å². The van der Waals surface area contributed by atoms with Crippen molar-refractivity contribution in [2.24, 2.45) is 0 Å². The predicted molar refractivity (Wildman–Crippen MR) is 129 cm³/mol. The monoisotopic (exact) mass is 461 g/mol. The lowest BCUT2D eigenvalue weighted by Crippen LogP contribution is -2.38. The van der Waals surface area contributed by atoms with Gasteiger partial charge in [-0.2, -0.15) is 5.10 Å². The standard InChI is InChI=1S/C25H27N5O4/c1-3-18-4-6-19(7-5-18)22-12-13-24(33)30(29-22)16-23(32)26-14-15-27-25(34)20-8-10-21(11-9-20)28-17(2)31/h4-13H,3,14-16H2,1-2H3,(H,26,32)(H,27,34)(H,28,31). The highest BCUT2D eigenvalue weighted by molar-refractivity contribution is 5.95. The van der Waals surface area contributed by atoms with E-state index in [1.54, 1.807) is 30.3 Å². The molecule has 0 aliphatic carbocycles. The van der Waals surface area contributed by atoms with Crippen LogP contribution in [0.1, 0.15) is 29.8 Å². The van der Waals surface area contributed by atoms with E-state index in [4.69, 9.17) is 0 Å². The zero-order chi connectivity index (χ0) is 24.5. The van der Waals surface area contributed by atoms with Crippen LogP contribution in [-0.4, -0.2) is 40.6 Å². The highest BCUT2D eigenvalue weighted by atomic mass is 16.2. The molecule has 0 saturated heterocycles. The van der Waals surface area contributed by atoms with Crippen LogP contribution < -0.4 is 21.5 Å². The molecule has 0 bridgehead atoms. The number of hydrogen-bond acceptors (Lipinski definition) is 5. The van der Waals surface area contributed by atoms with Gasteiger partial charge in [0.05, 0.1) is 5.69 Å². The van der Waals surface area contributed by atoms with Gasteiger partial charge in [-0.25, -0.2) is 4.68 Å². The topological polar surface area (TPSA) is 122 Å². The normalized spacial score (nSPS) is 10.4. The van der Waals surface area contributed by atoms with Gasteiger partial charge in [0.2, 0.25) is 11.8 Å². The van der Waals surface area contributed by atoms with Gasteiger partial charge in [-0.1, -0.05) is 31.2 Å². The van der Waals surface area contributed by atoms with Crippen LogP contribution in [0.25, 0.3) is 11.3 Å². The van der Waals surface area contributed by atoms with Crippen molar-refractivity contribution in [2.75, 3.05) is 18.4 Å². The average Bonchev–Trinajstić information content (AvgIpc) is 2.83. The summed E-state index contributed by atoms with van der Waals surface area (Å²) in [6.07, 6.45) is 0.929. The van der Waals surface area contributed by atoms with E-state index in [1.807, 2.05) is 24.3 Å². The zero-order valence-corrected chi connectivity index (χ0v) is 19.1. The van der Waals surface area contributed by atoms with Crippen LogP contribution in [0.15, 0.2) is 65.5 Å². The van der Waals surface area contributed by atoms with Crippen molar-refractivity contribution >= 4 is 23.4 Å². The molecule has 1 aromatic heterocycles. The first-order valence-corrected chi connectivity index (χ1v) is 11.0. The number of aromatic nitrogens is 2. The van der Waals surface area contributed by atoms with E-state index in [2.05, 4.69) is 28.0 Å². The minimum atomic E-state index is -0.387. The Balaban J connectivity index is 1.48. The number of anilines is 1. The lowest BCUT2D eigenvalue weighted by atomic mass is 10.1. The molecule has 3 aromatic rings. The number of amides is 3. The van der Waals surface area contributed by atoms with Crippen LogP contribution in [-0.2, 0) is 22.6 Å². The van der Waals surface area contributed by atoms with Gasteiger partial charge in [-0.15, -0.1) is 0 Å². The SMILES string of the molecule is CCc1ccc(-c2ccc(=O)n(CC(=O)NCCNC(=O)c3ccc(NC(C)=O)cc3)n2)cc1. The molecule has 0 spiro atoms. The second-order valence-corrected chi connectivity index (χ2v) is 7.63. The van der Waals surface area contributed by atoms with Gasteiger partial charge in [-0.05, 0) is 42.3 Å². The van der Waals surface area contributed by atoms with E-state index in [-0.39, 0.29) is 42.9 Å². The molecule has 1 heterocycles. The third kappa shape index (κ3) is 6.86. The minimum Gasteiger partial charge on any atom is -0.353 e. The molecule has 176 valence electrons. The second-order valence-electron chi connectivity index (χ2n) is 7.63. The summed E-state index contributed by atoms with van der Waals surface area (Å²) in [6.45, 7) is 3.66. The Morgan fingerprint density at radius 3 is 2.21 bits per heavy atom. The molecule has 0 radical (unpaired) electrons. The van der Waals surface area contributed by atoms with Gasteiger partial charge in [-0.3, -0.25) is 19.2 Å². The maximum Gasteiger partial charge on any atom is 0.267 e. The van der Waals surface area contributed by atoms with E-state index >= 15 is 0 Å². The number of carbonyl (C=O) groups is 3. The van der Waals surface area contributed by atoms with E-state index in [9.17, 15) is 19.2 Å². The largest absolute Gasteiger partial charge is 0.353 e. The van der Waals surface area contributed by atoms with Crippen LogP contribution in [0.2, 0.25) is 0 Å². The number of carbonyl (C=O) groups excluding carboxylic acids is 3. The van der Waals surface area contributed by atoms with Crippen molar-refractivity contribution in [3.8, 4) is 11.3 Å². The molecule has 3 rings (SSSR count). The summed E-state index contributed by atoms with van der Waals surface area (Å²) in [5, 5.41) is 12.3. The molecule has 0 saturated carbocycles. The maximum absolute atomic E-state index is 12.3. The van der Waals surface area contributed by atoms with Crippen molar-refractivity contribution in [3.05, 3.63) is 82.1 Å². The Hall–Kier alpha value is -4.27. The predicted octanol–water partition coefficient (Wildman–Crippen LogP) is 1.98. The number of hydrogen-bond donors (Lipinski definition) is 3. The van der Waals surface area contributed by atoms with Crippen molar-refractivity contribution in [2.45, 2.75) is 26.8 Å². The first kappa shape index (κ1) is 24.4. The van der Waals surface area contributed by atoms with Crippen molar-refractivity contribution < 1.29 is 14.4 Å². The summed E-state index contributed by atoms with van der Waals surface area (Å²) >= 11 is 0. The molecule has 34 heavy (non-hydrogen) atoms. The number of aryl methyl sites for hydroxylation is 1. The average molecular weight is 462 g/mol. The minimum absolute atomic E-state index is 0.192. The quantitative estimate of drug-likeness (QED) is 0.421. The molecule has 3 amide bonds. The number of nitrogens with one attached hydrogen (secondary N) is 3. The van der Waals surface area contributed by atoms with Crippen molar-refractivity contribution in [3.63, 3.8) is 0 Å². The first-order chi connectivity index (χ1) is 16.4. The van der Waals surface area contributed by atoms with Crippen LogP contribution in [0.3, 0.4) is 0 Å². The number of nitrogens with zero attached hydrogens (tertiary/aromatic N) is 2. The third-order valence-electron chi connectivity index (χ3n) is 5.02. The zero-order valence-electron chi connectivity index (χ0n) is 19.1. The molecular weight excluding hydrogens is 434 g/mol. The Labute approximate surface area is 197 Å². The van der Waals surface area contributed by atoms with E-state index < -0.39 is 0 Å². The second kappa shape index (κ2) is 11.6. The van der Waals surface area contributed by atoms with E-state index in [0.717, 1.165) is 16.7 Å². The van der Waals surface area contributed by atoms with Gasteiger partial charge >= 0.3 is 0 Å². The fourth-order valence-corrected chi connectivity index (χ4v) is 3.21. The lowest BCUT2D eigenvalue weighted by molar-refractivity contribution is -0.121. The van der Waals surface area contributed by atoms with Crippen molar-refractivity contribution in [1.82, 2.24) is 20.4 Å². The smallest absolute Gasteiger partial charge is 0.267 e.